The van der Waals surface area contributed by atoms with Crippen LogP contribution in [0.2, 0.25) is 0 Å². The molecule has 2 aromatic heterocycles. The van der Waals surface area contributed by atoms with Gasteiger partial charge in [0.15, 0.2) is 5.65 Å². The first-order chi connectivity index (χ1) is 7.74. The molecule has 6 nitrogen and oxygen atoms in total. The Morgan fingerprint density at radius 2 is 2.25 bits per heavy atom. The maximum Gasteiger partial charge on any atom is 0.264 e. The molecular formula is C10H15N5O. The molecule has 6 heteroatoms. The molecule has 0 aliphatic heterocycles. The summed E-state index contributed by atoms with van der Waals surface area (Å²) in [4.78, 5) is 16.2. The van der Waals surface area contributed by atoms with Gasteiger partial charge in [0.05, 0.1) is 12.5 Å². The summed E-state index contributed by atoms with van der Waals surface area (Å²) in [7, 11) is 1.77. The summed E-state index contributed by atoms with van der Waals surface area (Å²) in [6.07, 6.45) is 4.94. The van der Waals surface area contributed by atoms with E-state index in [-0.39, 0.29) is 5.56 Å². The normalized spacial score (nSPS) is 11.1. The summed E-state index contributed by atoms with van der Waals surface area (Å²) in [6, 6.07) is 0. The van der Waals surface area contributed by atoms with Crippen molar-refractivity contribution >= 4 is 11.0 Å². The minimum Gasteiger partial charge on any atom is -0.330 e. The predicted octanol–water partition coefficient (Wildman–Crippen LogP) is -0.131. The molecule has 0 radical (unpaired) electrons. The van der Waals surface area contributed by atoms with Crippen LogP contribution in [0.3, 0.4) is 0 Å². The maximum absolute atomic E-state index is 12.0. The minimum absolute atomic E-state index is 0.0323. The highest BCUT2D eigenvalue weighted by Crippen LogP contribution is 2.03. The molecule has 0 aliphatic rings. The number of hydrogen-bond donors (Lipinski definition) is 1. The highest BCUT2D eigenvalue weighted by Gasteiger charge is 2.07. The topological polar surface area (TPSA) is 78.7 Å². The van der Waals surface area contributed by atoms with E-state index in [9.17, 15) is 4.79 Å². The number of aromatic nitrogens is 4. The number of nitrogens with zero attached hydrogens (tertiary/aromatic N) is 4. The van der Waals surface area contributed by atoms with Crippen LogP contribution in [-0.4, -0.2) is 25.9 Å². The van der Waals surface area contributed by atoms with Crippen molar-refractivity contribution in [2.75, 3.05) is 6.54 Å². The van der Waals surface area contributed by atoms with Crippen LogP contribution < -0.4 is 11.3 Å². The van der Waals surface area contributed by atoms with Crippen LogP contribution in [0.1, 0.15) is 12.8 Å². The standard InChI is InChI=1S/C10H15N5O/c1-14-9-8(6-13-14)10(16)15(7-12-9)5-3-2-4-11/h6-7H,2-5,11H2,1H3. The van der Waals surface area contributed by atoms with Gasteiger partial charge >= 0.3 is 0 Å². The molecule has 0 saturated carbocycles. The molecular weight excluding hydrogens is 206 g/mol. The largest absolute Gasteiger partial charge is 0.330 e. The Balaban J connectivity index is 2.34. The third-order valence-corrected chi connectivity index (χ3v) is 2.57. The molecule has 0 spiro atoms. The molecule has 0 fully saturated rings. The molecule has 86 valence electrons. The second-order valence-corrected chi connectivity index (χ2v) is 3.74. The Bertz CT molecular complexity index is 542. The Morgan fingerprint density at radius 1 is 1.44 bits per heavy atom. The van der Waals surface area contributed by atoms with Gasteiger partial charge in [-0.2, -0.15) is 5.10 Å². The Hall–Kier alpha value is -1.69. The number of aryl methyl sites for hydroxylation is 2. The van der Waals surface area contributed by atoms with Gasteiger partial charge in [-0.3, -0.25) is 14.0 Å². The number of hydrogen-bond acceptors (Lipinski definition) is 4. The van der Waals surface area contributed by atoms with E-state index in [4.69, 9.17) is 5.73 Å². The zero-order valence-electron chi connectivity index (χ0n) is 9.26. The van der Waals surface area contributed by atoms with E-state index in [0.717, 1.165) is 12.8 Å². The van der Waals surface area contributed by atoms with Crippen LogP contribution in [0.5, 0.6) is 0 Å². The van der Waals surface area contributed by atoms with Crippen molar-refractivity contribution in [1.29, 1.82) is 0 Å². The van der Waals surface area contributed by atoms with Crippen molar-refractivity contribution in [3.05, 3.63) is 22.9 Å². The van der Waals surface area contributed by atoms with Gasteiger partial charge in [0.25, 0.3) is 5.56 Å². The van der Waals surface area contributed by atoms with Crippen molar-refractivity contribution in [3.63, 3.8) is 0 Å². The van der Waals surface area contributed by atoms with Crippen LogP contribution in [0, 0.1) is 0 Å². The van der Waals surface area contributed by atoms with Gasteiger partial charge in [-0.15, -0.1) is 0 Å². The predicted molar refractivity (Wildman–Crippen MR) is 61.1 cm³/mol. The lowest BCUT2D eigenvalue weighted by atomic mass is 10.3. The third-order valence-electron chi connectivity index (χ3n) is 2.57. The first-order valence-corrected chi connectivity index (χ1v) is 5.31. The molecule has 0 aromatic carbocycles. The number of unbranched alkanes of at least 4 members (excludes halogenated alkanes) is 1. The van der Waals surface area contributed by atoms with Crippen molar-refractivity contribution in [2.24, 2.45) is 12.8 Å². The maximum atomic E-state index is 12.0. The fourth-order valence-corrected chi connectivity index (χ4v) is 1.65. The molecule has 0 aliphatic carbocycles. The average molecular weight is 221 g/mol. The Morgan fingerprint density at radius 3 is 3.00 bits per heavy atom. The van der Waals surface area contributed by atoms with E-state index in [1.165, 1.54) is 0 Å². The van der Waals surface area contributed by atoms with Gasteiger partial charge < -0.3 is 5.73 Å². The van der Waals surface area contributed by atoms with E-state index < -0.39 is 0 Å². The lowest BCUT2D eigenvalue weighted by Crippen LogP contribution is -2.20. The summed E-state index contributed by atoms with van der Waals surface area (Å²) >= 11 is 0. The molecule has 2 rings (SSSR count). The second kappa shape index (κ2) is 4.44. The van der Waals surface area contributed by atoms with Crippen molar-refractivity contribution < 1.29 is 0 Å². The monoisotopic (exact) mass is 221 g/mol. The third kappa shape index (κ3) is 1.83. The molecule has 2 aromatic rings. The van der Waals surface area contributed by atoms with E-state index in [2.05, 4.69) is 10.1 Å². The van der Waals surface area contributed by atoms with E-state index >= 15 is 0 Å². The zero-order valence-corrected chi connectivity index (χ0v) is 9.26. The zero-order chi connectivity index (χ0) is 11.5. The molecule has 16 heavy (non-hydrogen) atoms. The molecule has 0 bridgehead atoms. The second-order valence-electron chi connectivity index (χ2n) is 3.74. The van der Waals surface area contributed by atoms with Gasteiger partial charge in [-0.25, -0.2) is 4.98 Å². The van der Waals surface area contributed by atoms with Crippen LogP contribution in [0.25, 0.3) is 11.0 Å². The van der Waals surface area contributed by atoms with Gasteiger partial charge in [0.2, 0.25) is 0 Å². The number of rotatable bonds is 4. The van der Waals surface area contributed by atoms with E-state index in [0.29, 0.717) is 24.1 Å². The van der Waals surface area contributed by atoms with E-state index in [1.54, 1.807) is 28.8 Å². The summed E-state index contributed by atoms with van der Waals surface area (Å²) in [5.74, 6) is 0. The molecule has 0 amide bonds. The lowest BCUT2D eigenvalue weighted by Gasteiger charge is -2.04. The van der Waals surface area contributed by atoms with Crippen LogP contribution in [-0.2, 0) is 13.6 Å². The molecule has 0 atom stereocenters. The summed E-state index contributed by atoms with van der Waals surface area (Å²) in [6.45, 7) is 1.31. The van der Waals surface area contributed by atoms with Crippen LogP contribution in [0.15, 0.2) is 17.3 Å². The molecule has 2 heterocycles. The minimum atomic E-state index is -0.0323. The fourth-order valence-electron chi connectivity index (χ4n) is 1.65. The number of fused-ring (bicyclic) bond motifs is 1. The molecule has 0 saturated heterocycles. The Labute approximate surface area is 92.7 Å². The van der Waals surface area contributed by atoms with Gasteiger partial charge in [-0.05, 0) is 19.4 Å². The highest BCUT2D eigenvalue weighted by molar-refractivity contribution is 5.72. The van der Waals surface area contributed by atoms with E-state index in [1.807, 2.05) is 0 Å². The SMILES string of the molecule is Cn1ncc2c(=O)n(CCCCN)cnc21. The van der Waals surface area contributed by atoms with Crippen LogP contribution >= 0.6 is 0 Å². The fraction of sp³-hybridized carbons (Fsp3) is 0.500. The molecule has 0 unspecified atom stereocenters. The summed E-state index contributed by atoms with van der Waals surface area (Å²) < 4.78 is 3.21. The first-order valence-electron chi connectivity index (χ1n) is 5.31. The number of nitrogens with two attached hydrogens (primary N) is 1. The smallest absolute Gasteiger partial charge is 0.264 e. The highest BCUT2D eigenvalue weighted by atomic mass is 16.1. The van der Waals surface area contributed by atoms with Gasteiger partial charge in [0.1, 0.15) is 5.39 Å². The van der Waals surface area contributed by atoms with Crippen molar-refractivity contribution in [2.45, 2.75) is 19.4 Å². The van der Waals surface area contributed by atoms with Crippen LogP contribution in [0.4, 0.5) is 0 Å². The van der Waals surface area contributed by atoms with Gasteiger partial charge in [0, 0.05) is 13.6 Å². The molecule has 2 N–H and O–H groups in total. The lowest BCUT2D eigenvalue weighted by molar-refractivity contribution is 0.594. The first kappa shape index (κ1) is 10.8. The van der Waals surface area contributed by atoms with Gasteiger partial charge in [-0.1, -0.05) is 0 Å². The van der Waals surface area contributed by atoms with Crippen molar-refractivity contribution in [3.8, 4) is 0 Å². The summed E-state index contributed by atoms with van der Waals surface area (Å²) in [5.41, 5.74) is 6.00. The van der Waals surface area contributed by atoms with Crippen molar-refractivity contribution in [1.82, 2.24) is 19.3 Å². The Kier molecular flexibility index (Phi) is 3.00. The quantitative estimate of drug-likeness (QED) is 0.729. The average Bonchev–Trinajstić information content (AvgIpc) is 2.65. The summed E-state index contributed by atoms with van der Waals surface area (Å²) in [5, 5.41) is 4.58.